The summed E-state index contributed by atoms with van der Waals surface area (Å²) in [7, 11) is 1.22. The Bertz CT molecular complexity index is 444. The predicted octanol–water partition coefficient (Wildman–Crippen LogP) is 1.70. The topological polar surface area (TPSA) is 55.4 Å². The van der Waals surface area contributed by atoms with Gasteiger partial charge < -0.3 is 10.1 Å². The number of esters is 1. The van der Waals surface area contributed by atoms with E-state index in [2.05, 4.69) is 10.1 Å². The lowest BCUT2D eigenvalue weighted by molar-refractivity contribution is -0.144. The number of benzene rings is 1. The van der Waals surface area contributed by atoms with Gasteiger partial charge in [-0.1, -0.05) is 17.7 Å². The van der Waals surface area contributed by atoms with E-state index in [0.29, 0.717) is 0 Å². The van der Waals surface area contributed by atoms with E-state index >= 15 is 0 Å². The Morgan fingerprint density at radius 1 is 1.50 bits per heavy atom. The highest BCUT2D eigenvalue weighted by atomic mass is 35.5. The molecule has 1 rings (SSSR count). The van der Waals surface area contributed by atoms with Gasteiger partial charge in [-0.25, -0.2) is 9.18 Å². The van der Waals surface area contributed by atoms with Gasteiger partial charge in [0.2, 0.25) is 5.91 Å². The quantitative estimate of drug-likeness (QED) is 0.850. The van der Waals surface area contributed by atoms with E-state index in [4.69, 9.17) is 11.6 Å². The number of methoxy groups -OCH3 is 1. The number of ether oxygens (including phenoxy) is 1. The fourth-order valence-corrected chi connectivity index (χ4v) is 1.62. The van der Waals surface area contributed by atoms with Gasteiger partial charge in [0.15, 0.2) is 0 Å². The largest absolute Gasteiger partial charge is 0.467 e. The lowest BCUT2D eigenvalue weighted by Gasteiger charge is -2.12. The Labute approximate surface area is 109 Å². The number of amides is 1. The Kier molecular flexibility index (Phi) is 5.09. The molecule has 1 N–H and O–H groups in total. The average molecular weight is 274 g/mol. The number of rotatable bonds is 4. The van der Waals surface area contributed by atoms with Crippen molar-refractivity contribution in [1.29, 1.82) is 0 Å². The third-order valence-electron chi connectivity index (χ3n) is 2.33. The number of nitrogens with one attached hydrogen (secondary N) is 1. The Morgan fingerprint density at radius 3 is 2.72 bits per heavy atom. The molecule has 0 aliphatic heterocycles. The first-order valence-electron chi connectivity index (χ1n) is 5.25. The Balaban J connectivity index is 2.68. The van der Waals surface area contributed by atoms with Gasteiger partial charge in [0.05, 0.1) is 13.5 Å². The molecule has 0 heterocycles. The van der Waals surface area contributed by atoms with Crippen molar-refractivity contribution in [3.05, 3.63) is 34.6 Å². The molecule has 0 bridgehead atoms. The number of carbonyl (C=O) groups is 2. The van der Waals surface area contributed by atoms with Crippen molar-refractivity contribution < 1.29 is 18.7 Å². The average Bonchev–Trinajstić information content (AvgIpc) is 2.32. The normalized spacial score (nSPS) is 11.8. The molecule has 18 heavy (non-hydrogen) atoms. The van der Waals surface area contributed by atoms with Crippen molar-refractivity contribution in [3.63, 3.8) is 0 Å². The fraction of sp³-hybridized carbons (Fsp3) is 0.333. The van der Waals surface area contributed by atoms with Crippen LogP contribution in [-0.4, -0.2) is 25.0 Å². The molecule has 1 amide bonds. The monoisotopic (exact) mass is 273 g/mol. The first-order chi connectivity index (χ1) is 8.45. The summed E-state index contributed by atoms with van der Waals surface area (Å²) in [6, 6.07) is 3.39. The van der Waals surface area contributed by atoms with Crippen LogP contribution in [0.2, 0.25) is 5.02 Å². The van der Waals surface area contributed by atoms with Crippen molar-refractivity contribution >= 4 is 23.5 Å². The molecular formula is C12H13ClFNO3. The van der Waals surface area contributed by atoms with E-state index in [9.17, 15) is 14.0 Å². The van der Waals surface area contributed by atoms with Crippen LogP contribution in [0, 0.1) is 5.82 Å². The van der Waals surface area contributed by atoms with Crippen LogP contribution in [0.1, 0.15) is 12.5 Å². The van der Waals surface area contributed by atoms with Gasteiger partial charge in [0.1, 0.15) is 11.9 Å². The zero-order valence-corrected chi connectivity index (χ0v) is 10.8. The highest BCUT2D eigenvalue weighted by molar-refractivity contribution is 6.31. The summed E-state index contributed by atoms with van der Waals surface area (Å²) in [5.41, 5.74) is 0.105. The molecule has 1 atom stereocenters. The zero-order valence-electron chi connectivity index (χ0n) is 10.00. The van der Waals surface area contributed by atoms with Crippen LogP contribution in [0.5, 0.6) is 0 Å². The molecule has 6 heteroatoms. The molecule has 0 saturated heterocycles. The Morgan fingerprint density at radius 2 is 2.17 bits per heavy atom. The summed E-state index contributed by atoms with van der Waals surface area (Å²) < 4.78 is 17.9. The minimum absolute atomic E-state index is 0.105. The highest BCUT2D eigenvalue weighted by Gasteiger charge is 2.18. The molecule has 0 aromatic heterocycles. The molecule has 1 aromatic rings. The van der Waals surface area contributed by atoms with E-state index in [1.54, 1.807) is 0 Å². The van der Waals surface area contributed by atoms with Gasteiger partial charge in [-0.3, -0.25) is 4.79 Å². The SMILES string of the molecule is COC(=O)C(C)NC(=O)Cc1c(F)cccc1Cl. The van der Waals surface area contributed by atoms with Crippen molar-refractivity contribution in [2.75, 3.05) is 7.11 Å². The van der Waals surface area contributed by atoms with Crippen LogP contribution in [0.4, 0.5) is 4.39 Å². The first-order valence-corrected chi connectivity index (χ1v) is 5.63. The second kappa shape index (κ2) is 6.35. The van der Waals surface area contributed by atoms with Gasteiger partial charge in [-0.05, 0) is 19.1 Å². The van der Waals surface area contributed by atoms with Crippen molar-refractivity contribution in [2.24, 2.45) is 0 Å². The standard InChI is InChI=1S/C12H13ClFNO3/c1-7(12(17)18-2)15-11(16)6-8-9(13)4-3-5-10(8)14/h3-5,7H,6H2,1-2H3,(H,15,16). The van der Waals surface area contributed by atoms with E-state index in [-0.39, 0.29) is 17.0 Å². The summed E-state index contributed by atoms with van der Waals surface area (Å²) in [5.74, 6) is -1.62. The van der Waals surface area contributed by atoms with E-state index in [1.165, 1.54) is 32.2 Å². The van der Waals surface area contributed by atoms with Crippen molar-refractivity contribution in [2.45, 2.75) is 19.4 Å². The van der Waals surface area contributed by atoms with Crippen molar-refractivity contribution in [1.82, 2.24) is 5.32 Å². The van der Waals surface area contributed by atoms with E-state index in [0.717, 1.165) is 0 Å². The summed E-state index contributed by atoms with van der Waals surface area (Å²) in [6.07, 6.45) is -0.229. The number of halogens is 2. The maximum Gasteiger partial charge on any atom is 0.328 e. The molecule has 0 spiro atoms. The highest BCUT2D eigenvalue weighted by Crippen LogP contribution is 2.19. The molecule has 1 aromatic carbocycles. The summed E-state index contributed by atoms with van der Waals surface area (Å²) in [5, 5.41) is 2.57. The maximum absolute atomic E-state index is 13.4. The molecule has 1 unspecified atom stereocenters. The lowest BCUT2D eigenvalue weighted by Crippen LogP contribution is -2.40. The molecule has 4 nitrogen and oxygen atoms in total. The third-order valence-corrected chi connectivity index (χ3v) is 2.69. The van der Waals surface area contributed by atoms with Gasteiger partial charge in [-0.2, -0.15) is 0 Å². The fourth-order valence-electron chi connectivity index (χ4n) is 1.39. The number of hydrogen-bond acceptors (Lipinski definition) is 3. The van der Waals surface area contributed by atoms with Gasteiger partial charge in [0, 0.05) is 10.6 Å². The molecule has 0 radical (unpaired) electrons. The minimum atomic E-state index is -0.784. The first kappa shape index (κ1) is 14.4. The molecular weight excluding hydrogens is 261 g/mol. The zero-order chi connectivity index (χ0) is 13.7. The molecule has 0 saturated carbocycles. The van der Waals surface area contributed by atoms with Crippen LogP contribution in [0.3, 0.4) is 0 Å². The van der Waals surface area contributed by atoms with Gasteiger partial charge in [-0.15, -0.1) is 0 Å². The van der Waals surface area contributed by atoms with E-state index in [1.807, 2.05) is 0 Å². The second-order valence-corrected chi connectivity index (χ2v) is 4.10. The van der Waals surface area contributed by atoms with Gasteiger partial charge in [0.25, 0.3) is 0 Å². The number of carbonyl (C=O) groups excluding carboxylic acids is 2. The number of hydrogen-bond donors (Lipinski definition) is 1. The second-order valence-electron chi connectivity index (χ2n) is 3.69. The van der Waals surface area contributed by atoms with Crippen LogP contribution < -0.4 is 5.32 Å². The molecule has 0 fully saturated rings. The van der Waals surface area contributed by atoms with Crippen LogP contribution in [-0.2, 0) is 20.7 Å². The summed E-state index contributed by atoms with van der Waals surface area (Å²) >= 11 is 5.79. The predicted molar refractivity (Wildman–Crippen MR) is 64.7 cm³/mol. The van der Waals surface area contributed by atoms with E-state index < -0.39 is 23.7 Å². The third kappa shape index (κ3) is 3.70. The van der Waals surface area contributed by atoms with Gasteiger partial charge >= 0.3 is 5.97 Å². The minimum Gasteiger partial charge on any atom is -0.467 e. The molecule has 0 aliphatic carbocycles. The smallest absolute Gasteiger partial charge is 0.328 e. The summed E-state index contributed by atoms with van der Waals surface area (Å²) in [4.78, 5) is 22.7. The van der Waals surface area contributed by atoms with Crippen LogP contribution in [0.25, 0.3) is 0 Å². The lowest BCUT2D eigenvalue weighted by atomic mass is 10.1. The molecule has 0 aliphatic rings. The maximum atomic E-state index is 13.4. The van der Waals surface area contributed by atoms with Crippen molar-refractivity contribution in [3.8, 4) is 0 Å². The Hall–Kier alpha value is -1.62. The van der Waals surface area contributed by atoms with Crippen LogP contribution >= 0.6 is 11.6 Å². The van der Waals surface area contributed by atoms with Crippen LogP contribution in [0.15, 0.2) is 18.2 Å². The molecule has 98 valence electrons. The summed E-state index contributed by atoms with van der Waals surface area (Å²) in [6.45, 7) is 1.48.